The van der Waals surface area contributed by atoms with Gasteiger partial charge >= 0.3 is 5.97 Å². The fourth-order valence-corrected chi connectivity index (χ4v) is 6.02. The number of fused-ring (bicyclic) bond motifs is 1. The predicted octanol–water partition coefficient (Wildman–Crippen LogP) is 1.28. The van der Waals surface area contributed by atoms with Gasteiger partial charge in [-0.05, 0) is 43.7 Å². The number of ether oxygens (including phenoxy) is 2. The summed E-state index contributed by atoms with van der Waals surface area (Å²) < 4.78 is 22.8. The molecule has 0 spiro atoms. The summed E-state index contributed by atoms with van der Waals surface area (Å²) in [6, 6.07) is 12.1. The van der Waals surface area contributed by atoms with E-state index in [1.54, 1.807) is 44.2 Å². The van der Waals surface area contributed by atoms with E-state index < -0.39 is 55.7 Å². The Labute approximate surface area is 203 Å². The van der Waals surface area contributed by atoms with Crippen LogP contribution < -0.4 is 10.1 Å². The van der Waals surface area contributed by atoms with E-state index in [0.717, 1.165) is 0 Å². The number of β-lactam (4-membered cyclic amide) rings is 1. The lowest BCUT2D eigenvalue weighted by atomic mass is 9.96. The summed E-state index contributed by atoms with van der Waals surface area (Å²) in [4.78, 5) is 49.5. The monoisotopic (exact) mass is 501 g/mol. The molecule has 1 N–H and O–H groups in total. The molecule has 2 amide bonds. The van der Waals surface area contributed by atoms with Crippen molar-refractivity contribution in [2.24, 2.45) is 0 Å². The van der Waals surface area contributed by atoms with E-state index in [-0.39, 0.29) is 18.9 Å². The van der Waals surface area contributed by atoms with Crippen molar-refractivity contribution >= 4 is 34.3 Å². The van der Waals surface area contributed by atoms with Crippen LogP contribution in [0.3, 0.4) is 0 Å². The van der Waals surface area contributed by atoms with E-state index in [0.29, 0.717) is 11.3 Å². The normalized spacial score (nSPS) is 24.2. The average molecular weight is 502 g/mol. The van der Waals surface area contributed by atoms with Gasteiger partial charge in [0.1, 0.15) is 29.8 Å². The number of benzene rings is 2. The van der Waals surface area contributed by atoms with Gasteiger partial charge in [-0.25, -0.2) is 4.79 Å². The van der Waals surface area contributed by atoms with E-state index in [1.807, 2.05) is 0 Å². The Balaban J connectivity index is 1.38. The molecule has 0 saturated carbocycles. The maximum Gasteiger partial charge on any atom is 0.330 e. The van der Waals surface area contributed by atoms with Gasteiger partial charge in [0, 0.05) is 12.1 Å². The molecule has 0 aromatic heterocycles. The maximum absolute atomic E-state index is 13.2. The van der Waals surface area contributed by atoms with Crippen LogP contribution in [-0.4, -0.2) is 60.6 Å². The van der Waals surface area contributed by atoms with Crippen LogP contribution in [0.5, 0.6) is 5.75 Å². The van der Waals surface area contributed by atoms with Gasteiger partial charge in [-0.3, -0.25) is 23.9 Å². The molecule has 2 saturated heterocycles. The van der Waals surface area contributed by atoms with Crippen LogP contribution in [-0.2, 0) is 36.5 Å². The number of nitro groups is 1. The summed E-state index contributed by atoms with van der Waals surface area (Å²) in [6.07, 6.45) is 0. The van der Waals surface area contributed by atoms with Gasteiger partial charge in [0.2, 0.25) is 5.91 Å². The molecular formula is C23H23N3O8S. The van der Waals surface area contributed by atoms with Crippen molar-refractivity contribution in [1.29, 1.82) is 0 Å². The predicted molar refractivity (Wildman–Crippen MR) is 123 cm³/mol. The van der Waals surface area contributed by atoms with Crippen molar-refractivity contribution in [3.05, 3.63) is 70.3 Å². The second-order valence-corrected chi connectivity index (χ2v) is 10.7. The number of amides is 2. The number of para-hydroxylation sites is 1. The highest BCUT2D eigenvalue weighted by atomic mass is 32.2. The largest absolute Gasteiger partial charge is 0.484 e. The highest BCUT2D eigenvalue weighted by Crippen LogP contribution is 2.43. The Morgan fingerprint density at radius 1 is 1.14 bits per heavy atom. The van der Waals surface area contributed by atoms with Crippen LogP contribution in [0.2, 0.25) is 0 Å². The molecule has 35 heavy (non-hydrogen) atoms. The summed E-state index contributed by atoms with van der Waals surface area (Å²) in [5.74, 6) is -1.33. The fourth-order valence-electron chi connectivity index (χ4n) is 4.10. The first-order valence-electron chi connectivity index (χ1n) is 10.7. The van der Waals surface area contributed by atoms with Crippen molar-refractivity contribution < 1.29 is 33.0 Å². The molecule has 11 nitrogen and oxygen atoms in total. The van der Waals surface area contributed by atoms with Crippen LogP contribution in [0.1, 0.15) is 19.4 Å². The number of nitrogens with one attached hydrogen (secondary N) is 1. The molecule has 4 rings (SSSR count). The zero-order valence-corrected chi connectivity index (χ0v) is 19.7. The number of esters is 1. The molecule has 0 aliphatic carbocycles. The molecule has 4 unspecified atom stereocenters. The lowest BCUT2D eigenvalue weighted by Crippen LogP contribution is -2.71. The molecule has 184 valence electrons. The van der Waals surface area contributed by atoms with Gasteiger partial charge in [0.05, 0.1) is 20.5 Å². The van der Waals surface area contributed by atoms with Gasteiger partial charge in [-0.2, -0.15) is 0 Å². The number of carbonyl (C=O) groups excluding carboxylic acids is 3. The standard InChI is InChI=1S/C23H23N3O8S/c1-23(2)19(22(29)34-12-14-8-10-15(11-9-14)26(30)31)25-20(28)18(21(25)35(23)32)24-17(27)13-33-16-6-4-3-5-7-16/h3-11,18-19,21H,12-13H2,1-2H3,(H,24,27). The first kappa shape index (κ1) is 24.3. The first-order valence-corrected chi connectivity index (χ1v) is 11.9. The molecule has 2 fully saturated rings. The number of nitro benzene ring substituents is 1. The topological polar surface area (TPSA) is 145 Å². The lowest BCUT2D eigenvalue weighted by Gasteiger charge is -2.43. The summed E-state index contributed by atoms with van der Waals surface area (Å²) >= 11 is 0. The Hall–Kier alpha value is -3.80. The number of hydrogen-bond donors (Lipinski definition) is 1. The SMILES string of the molecule is CC1(C)C(C(=O)OCc2ccc([N+](=O)[O-])cc2)N2C(=O)C(NC(=O)COc3ccccc3)C2S1=O. The molecule has 2 aromatic carbocycles. The molecular weight excluding hydrogens is 478 g/mol. The van der Waals surface area contributed by atoms with Gasteiger partial charge < -0.3 is 19.7 Å². The zero-order chi connectivity index (χ0) is 25.3. The number of nitrogens with zero attached hydrogens (tertiary/aromatic N) is 2. The minimum absolute atomic E-state index is 0.0938. The van der Waals surface area contributed by atoms with Crippen molar-refractivity contribution in [2.45, 2.75) is 42.7 Å². The Kier molecular flexibility index (Phi) is 6.57. The summed E-state index contributed by atoms with van der Waals surface area (Å²) in [6.45, 7) is 2.71. The molecule has 2 aromatic rings. The third-order valence-electron chi connectivity index (χ3n) is 5.94. The van der Waals surface area contributed by atoms with Gasteiger partial charge in [-0.15, -0.1) is 0 Å². The number of hydrogen-bond acceptors (Lipinski definition) is 8. The minimum atomic E-state index is -1.66. The zero-order valence-electron chi connectivity index (χ0n) is 18.9. The maximum atomic E-state index is 13.2. The summed E-state index contributed by atoms with van der Waals surface area (Å²) in [5.41, 5.74) is 0.430. The summed E-state index contributed by atoms with van der Waals surface area (Å²) in [7, 11) is -1.66. The van der Waals surface area contributed by atoms with Crippen LogP contribution in [0.15, 0.2) is 54.6 Å². The van der Waals surface area contributed by atoms with Crippen LogP contribution >= 0.6 is 0 Å². The third kappa shape index (κ3) is 4.61. The molecule has 2 aliphatic heterocycles. The van der Waals surface area contributed by atoms with E-state index in [4.69, 9.17) is 9.47 Å². The summed E-state index contributed by atoms with van der Waals surface area (Å²) in [5, 5.41) is 12.5. The highest BCUT2D eigenvalue weighted by Gasteiger charge is 2.68. The van der Waals surface area contributed by atoms with Crippen molar-refractivity contribution in [3.63, 3.8) is 0 Å². The second-order valence-electron chi connectivity index (χ2n) is 8.62. The van der Waals surface area contributed by atoms with E-state index >= 15 is 0 Å². The lowest BCUT2D eigenvalue weighted by molar-refractivity contribution is -0.384. The Bertz CT molecular complexity index is 1190. The quantitative estimate of drug-likeness (QED) is 0.246. The van der Waals surface area contributed by atoms with Gasteiger partial charge in [0.15, 0.2) is 6.61 Å². The van der Waals surface area contributed by atoms with Crippen LogP contribution in [0, 0.1) is 10.1 Å². The third-order valence-corrected chi connectivity index (χ3v) is 8.13. The number of non-ortho nitro benzene ring substituents is 1. The van der Waals surface area contributed by atoms with Gasteiger partial charge in [0.25, 0.3) is 11.6 Å². The van der Waals surface area contributed by atoms with Crippen molar-refractivity contribution in [1.82, 2.24) is 10.2 Å². The average Bonchev–Trinajstić information content (AvgIpc) is 3.03. The highest BCUT2D eigenvalue weighted by molar-refractivity contribution is 7.87. The Morgan fingerprint density at radius 3 is 2.43 bits per heavy atom. The Morgan fingerprint density at radius 2 is 1.80 bits per heavy atom. The van der Waals surface area contributed by atoms with Crippen molar-refractivity contribution in [3.8, 4) is 5.75 Å². The molecule has 0 radical (unpaired) electrons. The minimum Gasteiger partial charge on any atom is -0.484 e. The molecule has 4 atom stereocenters. The molecule has 2 heterocycles. The molecule has 2 aliphatic rings. The second kappa shape index (κ2) is 9.45. The van der Waals surface area contributed by atoms with Crippen molar-refractivity contribution in [2.75, 3.05) is 6.61 Å². The van der Waals surface area contributed by atoms with E-state index in [9.17, 15) is 28.7 Å². The number of rotatable bonds is 8. The number of carbonyl (C=O) groups is 3. The van der Waals surface area contributed by atoms with Gasteiger partial charge in [-0.1, -0.05) is 18.2 Å². The fraction of sp³-hybridized carbons (Fsp3) is 0.348. The van der Waals surface area contributed by atoms with E-state index in [2.05, 4.69) is 5.32 Å². The van der Waals surface area contributed by atoms with Crippen LogP contribution in [0.4, 0.5) is 5.69 Å². The van der Waals surface area contributed by atoms with E-state index in [1.165, 1.54) is 29.2 Å². The molecule has 12 heteroatoms. The smallest absolute Gasteiger partial charge is 0.330 e. The van der Waals surface area contributed by atoms with Crippen LogP contribution in [0.25, 0.3) is 0 Å². The molecule has 0 bridgehead atoms. The first-order chi connectivity index (χ1) is 16.6.